The van der Waals surface area contributed by atoms with Crippen LogP contribution in [0.1, 0.15) is 17.3 Å². The van der Waals surface area contributed by atoms with Crippen LogP contribution in [0.5, 0.6) is 5.88 Å². The maximum Gasteiger partial charge on any atom is 0.374 e. The van der Waals surface area contributed by atoms with Gasteiger partial charge < -0.3 is 4.74 Å². The maximum absolute atomic E-state index is 11.9. The fourth-order valence-electron chi connectivity index (χ4n) is 1.64. The van der Waals surface area contributed by atoms with Gasteiger partial charge in [-0.25, -0.2) is 4.98 Å². The highest BCUT2D eigenvalue weighted by Gasteiger charge is 2.24. The molecule has 2 rings (SSSR count). The first-order chi connectivity index (χ1) is 10.6. The molecule has 0 aliphatic heterocycles. The summed E-state index contributed by atoms with van der Waals surface area (Å²) in [6.07, 6.45) is 1.11. The van der Waals surface area contributed by atoms with Crippen LogP contribution in [0.3, 0.4) is 0 Å². The number of carbonyl (C=O) groups excluding carboxylic acids is 1. The summed E-state index contributed by atoms with van der Waals surface area (Å²) in [6.45, 7) is 1.89. The molecule has 0 atom stereocenters. The fourth-order valence-corrected chi connectivity index (χ4v) is 1.64. The van der Waals surface area contributed by atoms with Crippen molar-refractivity contribution in [2.75, 3.05) is 12.0 Å². The van der Waals surface area contributed by atoms with Gasteiger partial charge in [0.05, 0.1) is 11.5 Å². The highest BCUT2D eigenvalue weighted by molar-refractivity contribution is 5.94. The van der Waals surface area contributed by atoms with Gasteiger partial charge in [-0.3, -0.25) is 25.8 Å². The van der Waals surface area contributed by atoms with Crippen molar-refractivity contribution in [2.24, 2.45) is 0 Å². The van der Waals surface area contributed by atoms with Crippen molar-refractivity contribution in [1.29, 1.82) is 0 Å². The zero-order chi connectivity index (χ0) is 15.9. The van der Waals surface area contributed by atoms with Crippen LogP contribution in [-0.4, -0.2) is 27.4 Å². The number of nitrogens with zero attached hydrogens (tertiary/aromatic N) is 3. The van der Waals surface area contributed by atoms with Gasteiger partial charge in [-0.1, -0.05) is 18.2 Å². The Hall–Kier alpha value is -3.23. The maximum atomic E-state index is 11.9. The molecule has 0 unspecified atom stereocenters. The molecule has 22 heavy (non-hydrogen) atoms. The molecule has 0 bridgehead atoms. The average Bonchev–Trinajstić information content (AvgIpc) is 2.53. The Labute approximate surface area is 125 Å². The minimum absolute atomic E-state index is 0.160. The molecule has 0 saturated heterocycles. The molecule has 0 aliphatic carbocycles. The molecule has 9 nitrogen and oxygen atoms in total. The van der Waals surface area contributed by atoms with Crippen molar-refractivity contribution in [1.82, 2.24) is 15.4 Å². The predicted molar refractivity (Wildman–Crippen MR) is 77.4 cm³/mol. The van der Waals surface area contributed by atoms with Crippen molar-refractivity contribution in [3.05, 3.63) is 52.3 Å². The van der Waals surface area contributed by atoms with E-state index in [2.05, 4.69) is 20.8 Å². The summed E-state index contributed by atoms with van der Waals surface area (Å²) in [4.78, 5) is 29.8. The van der Waals surface area contributed by atoms with E-state index in [0.29, 0.717) is 5.56 Å². The summed E-state index contributed by atoms with van der Waals surface area (Å²) in [5.74, 6) is -0.779. The van der Waals surface area contributed by atoms with Gasteiger partial charge in [-0.05, 0) is 19.1 Å². The van der Waals surface area contributed by atoms with E-state index < -0.39 is 16.5 Å². The third kappa shape index (κ3) is 3.45. The molecule has 2 aromatic rings. The van der Waals surface area contributed by atoms with E-state index in [1.165, 1.54) is 0 Å². The van der Waals surface area contributed by atoms with E-state index in [4.69, 9.17) is 4.74 Å². The van der Waals surface area contributed by atoms with Crippen LogP contribution in [0.15, 0.2) is 36.7 Å². The first-order valence-electron chi connectivity index (χ1n) is 6.37. The number of aromatic nitrogens is 2. The van der Waals surface area contributed by atoms with Crippen LogP contribution in [-0.2, 0) is 0 Å². The van der Waals surface area contributed by atoms with Gasteiger partial charge in [-0.15, -0.1) is 0 Å². The van der Waals surface area contributed by atoms with E-state index in [9.17, 15) is 14.9 Å². The topological polar surface area (TPSA) is 119 Å². The Bertz CT molecular complexity index is 677. The van der Waals surface area contributed by atoms with Crippen LogP contribution in [0.25, 0.3) is 0 Å². The van der Waals surface area contributed by atoms with E-state index in [1.807, 2.05) is 0 Å². The van der Waals surface area contributed by atoms with E-state index >= 15 is 0 Å². The molecule has 0 spiro atoms. The number of carbonyl (C=O) groups is 1. The molecular weight excluding hydrogens is 290 g/mol. The lowest BCUT2D eigenvalue weighted by Crippen LogP contribution is -2.30. The standard InChI is InChI=1S/C13H13N5O4/c1-2-22-13-10(18(20)21)11(14-8-15-13)16-17-12(19)9-6-4-3-5-7-9/h3-8H,2H2,1H3,(H,17,19)(H,14,15,16). The van der Waals surface area contributed by atoms with Gasteiger partial charge in [0.15, 0.2) is 0 Å². The second kappa shape index (κ2) is 6.97. The van der Waals surface area contributed by atoms with Gasteiger partial charge in [0.25, 0.3) is 11.8 Å². The second-order valence-electron chi connectivity index (χ2n) is 4.01. The number of nitro groups is 1. The molecule has 1 amide bonds. The van der Waals surface area contributed by atoms with Crippen molar-refractivity contribution in [2.45, 2.75) is 6.92 Å². The summed E-state index contributed by atoms with van der Waals surface area (Å²) in [7, 11) is 0. The Morgan fingerprint density at radius 3 is 2.68 bits per heavy atom. The lowest BCUT2D eigenvalue weighted by atomic mass is 10.2. The number of hydrogen-bond acceptors (Lipinski definition) is 7. The molecule has 9 heteroatoms. The molecule has 0 saturated carbocycles. The van der Waals surface area contributed by atoms with Gasteiger partial charge in [0.2, 0.25) is 5.82 Å². The Morgan fingerprint density at radius 2 is 2.05 bits per heavy atom. The van der Waals surface area contributed by atoms with Gasteiger partial charge in [-0.2, -0.15) is 4.98 Å². The minimum Gasteiger partial charge on any atom is -0.473 e. The van der Waals surface area contributed by atoms with E-state index in [1.54, 1.807) is 37.3 Å². The molecule has 1 aromatic heterocycles. The molecule has 0 radical (unpaired) electrons. The SMILES string of the molecule is CCOc1ncnc(NNC(=O)c2ccccc2)c1[N+](=O)[O-]. The van der Waals surface area contributed by atoms with Crippen LogP contribution in [0, 0.1) is 10.1 Å². The number of hydrogen-bond donors (Lipinski definition) is 2. The highest BCUT2D eigenvalue weighted by atomic mass is 16.6. The monoisotopic (exact) mass is 303 g/mol. The fraction of sp³-hybridized carbons (Fsp3) is 0.154. The first kappa shape index (κ1) is 15.2. The van der Waals surface area contributed by atoms with Crippen LogP contribution >= 0.6 is 0 Å². The summed E-state index contributed by atoms with van der Waals surface area (Å²) in [6, 6.07) is 8.40. The molecule has 1 aromatic carbocycles. The molecule has 0 aliphatic rings. The molecule has 1 heterocycles. The van der Waals surface area contributed by atoms with Crippen molar-refractivity contribution < 1.29 is 14.5 Å². The van der Waals surface area contributed by atoms with Crippen LogP contribution in [0.4, 0.5) is 11.5 Å². The number of nitrogens with one attached hydrogen (secondary N) is 2. The van der Waals surface area contributed by atoms with Gasteiger partial charge in [0, 0.05) is 5.56 Å². The van der Waals surface area contributed by atoms with Crippen LogP contribution < -0.4 is 15.6 Å². The number of hydrazine groups is 1. The van der Waals surface area contributed by atoms with Crippen molar-refractivity contribution in [3.8, 4) is 5.88 Å². The highest BCUT2D eigenvalue weighted by Crippen LogP contribution is 2.30. The lowest BCUT2D eigenvalue weighted by molar-refractivity contribution is -0.385. The van der Waals surface area contributed by atoms with Gasteiger partial charge >= 0.3 is 5.69 Å². The van der Waals surface area contributed by atoms with E-state index in [0.717, 1.165) is 6.33 Å². The number of amides is 1. The number of anilines is 1. The molecular formula is C13H13N5O4. The number of ether oxygens (including phenoxy) is 1. The summed E-state index contributed by atoms with van der Waals surface area (Å²) in [5, 5.41) is 11.1. The number of benzene rings is 1. The third-order valence-electron chi connectivity index (χ3n) is 2.58. The number of rotatable bonds is 6. The largest absolute Gasteiger partial charge is 0.473 e. The molecule has 2 N–H and O–H groups in total. The smallest absolute Gasteiger partial charge is 0.374 e. The van der Waals surface area contributed by atoms with Crippen LogP contribution in [0.2, 0.25) is 0 Å². The molecule has 114 valence electrons. The quantitative estimate of drug-likeness (QED) is 0.613. The predicted octanol–water partition coefficient (Wildman–Crippen LogP) is 1.54. The Balaban J connectivity index is 2.17. The van der Waals surface area contributed by atoms with Gasteiger partial charge in [0.1, 0.15) is 6.33 Å². The first-order valence-corrected chi connectivity index (χ1v) is 6.37. The second-order valence-corrected chi connectivity index (χ2v) is 4.01. The summed E-state index contributed by atoms with van der Waals surface area (Å²) < 4.78 is 5.08. The van der Waals surface area contributed by atoms with Crippen molar-refractivity contribution >= 4 is 17.4 Å². The third-order valence-corrected chi connectivity index (χ3v) is 2.58. The Morgan fingerprint density at radius 1 is 1.32 bits per heavy atom. The lowest BCUT2D eigenvalue weighted by Gasteiger charge is -2.09. The minimum atomic E-state index is -0.679. The van der Waals surface area contributed by atoms with E-state index in [-0.39, 0.29) is 18.3 Å². The average molecular weight is 303 g/mol. The summed E-state index contributed by atoms with van der Waals surface area (Å²) in [5.41, 5.74) is 4.71. The van der Waals surface area contributed by atoms with Crippen molar-refractivity contribution in [3.63, 3.8) is 0 Å². The molecule has 0 fully saturated rings. The zero-order valence-electron chi connectivity index (χ0n) is 11.6. The normalized spacial score (nSPS) is 9.86. The zero-order valence-corrected chi connectivity index (χ0v) is 11.6. The Kier molecular flexibility index (Phi) is 4.81. The summed E-state index contributed by atoms with van der Waals surface area (Å²) >= 11 is 0.